The van der Waals surface area contributed by atoms with Crippen LogP contribution in [0, 0.1) is 5.92 Å². The first-order chi connectivity index (χ1) is 14.3. The van der Waals surface area contributed by atoms with Crippen molar-refractivity contribution >= 4 is 22.8 Å². The first-order valence-corrected chi connectivity index (χ1v) is 9.53. The van der Waals surface area contributed by atoms with Crippen LogP contribution in [-0.2, 0) is 16.0 Å². The van der Waals surface area contributed by atoms with Crippen molar-refractivity contribution in [3.8, 4) is 5.75 Å². The largest absolute Gasteiger partial charge is 0.548 e. The minimum atomic E-state index is -1.44. The van der Waals surface area contributed by atoms with E-state index in [0.717, 1.165) is 0 Å². The Bertz CT molecular complexity index is 1120. The number of amides is 1. The zero-order valence-electron chi connectivity index (χ0n) is 16.6. The van der Waals surface area contributed by atoms with E-state index in [9.17, 15) is 24.6 Å². The maximum Gasteiger partial charge on any atom is 0.261 e. The van der Waals surface area contributed by atoms with Gasteiger partial charge in [0.1, 0.15) is 11.8 Å². The highest BCUT2D eigenvalue weighted by Gasteiger charge is 2.28. The third-order valence-corrected chi connectivity index (χ3v) is 4.87. The van der Waals surface area contributed by atoms with Gasteiger partial charge in [-0.2, -0.15) is 0 Å². The number of fused-ring (bicyclic) bond motifs is 1. The highest BCUT2D eigenvalue weighted by atomic mass is 16.4. The van der Waals surface area contributed by atoms with Crippen molar-refractivity contribution in [2.24, 2.45) is 5.92 Å². The molecule has 0 radical (unpaired) electrons. The summed E-state index contributed by atoms with van der Waals surface area (Å²) in [6.07, 6.45) is 1.28. The molecule has 0 aliphatic carbocycles. The van der Waals surface area contributed by atoms with Gasteiger partial charge in [0.2, 0.25) is 5.91 Å². The Hall–Kier alpha value is -3.68. The number of carbonyl (C=O) groups is 2. The maximum atomic E-state index is 13.0. The van der Waals surface area contributed by atoms with Gasteiger partial charge in [-0.15, -0.1) is 0 Å². The molecule has 0 spiro atoms. The molecule has 2 aromatic carbocycles. The van der Waals surface area contributed by atoms with Crippen molar-refractivity contribution in [2.75, 3.05) is 0 Å². The van der Waals surface area contributed by atoms with Gasteiger partial charge >= 0.3 is 0 Å². The molecule has 8 nitrogen and oxygen atoms in total. The van der Waals surface area contributed by atoms with Crippen LogP contribution in [-0.4, -0.2) is 32.6 Å². The van der Waals surface area contributed by atoms with Gasteiger partial charge in [0, 0.05) is 0 Å². The number of hydrogen-bond donors (Lipinski definition) is 2. The number of rotatable bonds is 7. The van der Waals surface area contributed by atoms with Crippen LogP contribution in [0.25, 0.3) is 10.9 Å². The van der Waals surface area contributed by atoms with Gasteiger partial charge in [0.15, 0.2) is 0 Å². The summed E-state index contributed by atoms with van der Waals surface area (Å²) < 4.78 is 1.23. The molecule has 1 aromatic heterocycles. The van der Waals surface area contributed by atoms with Crippen molar-refractivity contribution in [1.29, 1.82) is 0 Å². The molecule has 0 aliphatic rings. The Kier molecular flexibility index (Phi) is 6.15. The number of para-hydroxylation sites is 1. The Labute approximate surface area is 172 Å². The summed E-state index contributed by atoms with van der Waals surface area (Å²) in [4.78, 5) is 41.8. The maximum absolute atomic E-state index is 13.0. The van der Waals surface area contributed by atoms with Crippen LogP contribution in [0.4, 0.5) is 0 Å². The molecule has 2 N–H and O–H groups in total. The number of carboxylic acids is 1. The molecule has 1 heterocycles. The third-order valence-electron chi connectivity index (χ3n) is 4.87. The number of carbonyl (C=O) groups excluding carboxylic acids is 2. The second-order valence-electron chi connectivity index (χ2n) is 7.41. The first kappa shape index (κ1) is 21.0. The molecule has 0 saturated carbocycles. The molecule has 8 heteroatoms. The third kappa shape index (κ3) is 4.48. The molecular weight excluding hydrogens is 386 g/mol. The van der Waals surface area contributed by atoms with E-state index in [0.29, 0.717) is 16.5 Å². The summed E-state index contributed by atoms with van der Waals surface area (Å²) in [7, 11) is 0. The molecule has 2 atom stereocenters. The highest BCUT2D eigenvalue weighted by molar-refractivity contribution is 5.86. The number of phenolic OH excluding ortho intramolecular Hbond substituents is 1. The van der Waals surface area contributed by atoms with Crippen LogP contribution in [0.5, 0.6) is 5.75 Å². The Morgan fingerprint density at radius 3 is 2.43 bits per heavy atom. The molecule has 0 fully saturated rings. The molecule has 3 rings (SSSR count). The Balaban J connectivity index is 1.89. The number of aromatic nitrogens is 2. The normalized spacial score (nSPS) is 13.2. The Morgan fingerprint density at radius 1 is 1.13 bits per heavy atom. The fraction of sp³-hybridized carbons (Fsp3) is 0.273. The summed E-state index contributed by atoms with van der Waals surface area (Å²) in [5.41, 5.74) is 0.743. The standard InChI is InChI=1S/C22H23N3O5/c1-13(2)19(25-12-23-17-6-4-3-5-16(17)21(25)28)20(27)24-18(22(29)30)11-14-7-9-15(26)10-8-14/h3-10,12-13,18-19,26H,11H2,1-2H3,(H,24,27)(H,29,30)/p-1/t18-,19-/m0/s1. The summed E-state index contributed by atoms with van der Waals surface area (Å²) in [5, 5.41) is 23.8. The topological polar surface area (TPSA) is 124 Å². The number of carboxylic acid groups (broad SMARTS) is 1. The summed E-state index contributed by atoms with van der Waals surface area (Å²) in [6.45, 7) is 3.53. The van der Waals surface area contributed by atoms with Gasteiger partial charge in [-0.05, 0) is 42.2 Å². The smallest absolute Gasteiger partial charge is 0.261 e. The number of aliphatic carboxylic acids is 1. The van der Waals surface area contributed by atoms with Crippen molar-refractivity contribution < 1.29 is 19.8 Å². The van der Waals surface area contributed by atoms with E-state index in [1.54, 1.807) is 50.2 Å². The molecule has 0 bridgehead atoms. The molecule has 0 unspecified atom stereocenters. The molecule has 30 heavy (non-hydrogen) atoms. The molecule has 1 amide bonds. The first-order valence-electron chi connectivity index (χ1n) is 9.53. The molecule has 0 aliphatic heterocycles. The van der Waals surface area contributed by atoms with Crippen molar-refractivity contribution in [1.82, 2.24) is 14.9 Å². The summed E-state index contributed by atoms with van der Waals surface area (Å²) in [6, 6.07) is 10.6. The molecule has 3 aromatic rings. The number of phenols is 1. The minimum Gasteiger partial charge on any atom is -0.548 e. The molecular formula is C22H22N3O5-. The van der Waals surface area contributed by atoms with E-state index in [1.807, 2.05) is 0 Å². The van der Waals surface area contributed by atoms with Crippen LogP contribution in [0.3, 0.4) is 0 Å². The van der Waals surface area contributed by atoms with E-state index in [4.69, 9.17) is 0 Å². The lowest BCUT2D eigenvalue weighted by atomic mass is 10.0. The lowest BCUT2D eigenvalue weighted by molar-refractivity contribution is -0.308. The lowest BCUT2D eigenvalue weighted by Crippen LogP contribution is -2.52. The van der Waals surface area contributed by atoms with E-state index < -0.39 is 24.0 Å². The molecule has 0 saturated heterocycles. The van der Waals surface area contributed by atoms with Gasteiger partial charge in [-0.1, -0.05) is 38.1 Å². The van der Waals surface area contributed by atoms with Gasteiger partial charge < -0.3 is 20.3 Å². The van der Waals surface area contributed by atoms with Crippen LogP contribution in [0.2, 0.25) is 0 Å². The fourth-order valence-corrected chi connectivity index (χ4v) is 3.35. The fourth-order valence-electron chi connectivity index (χ4n) is 3.35. The van der Waals surface area contributed by atoms with E-state index in [1.165, 1.54) is 23.0 Å². The number of nitrogens with one attached hydrogen (secondary N) is 1. The number of aromatic hydroxyl groups is 1. The number of benzene rings is 2. The van der Waals surface area contributed by atoms with Gasteiger partial charge in [-0.3, -0.25) is 14.2 Å². The number of hydrogen-bond acceptors (Lipinski definition) is 6. The van der Waals surface area contributed by atoms with E-state index in [-0.39, 0.29) is 23.6 Å². The van der Waals surface area contributed by atoms with Crippen LogP contribution in [0.15, 0.2) is 59.7 Å². The Morgan fingerprint density at radius 2 is 1.80 bits per heavy atom. The quantitative estimate of drug-likeness (QED) is 0.595. The second-order valence-corrected chi connectivity index (χ2v) is 7.41. The van der Waals surface area contributed by atoms with Gasteiger partial charge in [0.25, 0.3) is 5.56 Å². The number of nitrogens with zero attached hydrogens (tertiary/aromatic N) is 2. The van der Waals surface area contributed by atoms with Gasteiger partial charge in [0.05, 0.1) is 29.2 Å². The van der Waals surface area contributed by atoms with Crippen molar-refractivity contribution in [3.63, 3.8) is 0 Å². The van der Waals surface area contributed by atoms with E-state index >= 15 is 0 Å². The monoisotopic (exact) mass is 408 g/mol. The summed E-state index contributed by atoms with van der Waals surface area (Å²) >= 11 is 0. The second kappa shape index (κ2) is 8.77. The average molecular weight is 408 g/mol. The van der Waals surface area contributed by atoms with Crippen LogP contribution in [0.1, 0.15) is 25.5 Å². The SMILES string of the molecule is CC(C)[C@@H](C(=O)N[C@@H](Cc1ccc(O)cc1)C(=O)[O-])n1cnc2ccccc2c1=O. The lowest BCUT2D eigenvalue weighted by Gasteiger charge is -2.26. The highest BCUT2D eigenvalue weighted by Crippen LogP contribution is 2.18. The predicted molar refractivity (Wildman–Crippen MR) is 109 cm³/mol. The average Bonchev–Trinajstić information content (AvgIpc) is 2.71. The van der Waals surface area contributed by atoms with Crippen LogP contribution < -0.4 is 16.0 Å². The van der Waals surface area contributed by atoms with Crippen molar-refractivity contribution in [2.45, 2.75) is 32.4 Å². The minimum absolute atomic E-state index is 0.0238. The zero-order chi connectivity index (χ0) is 21.8. The van der Waals surface area contributed by atoms with Gasteiger partial charge in [-0.25, -0.2) is 4.98 Å². The van der Waals surface area contributed by atoms with Crippen molar-refractivity contribution in [3.05, 3.63) is 70.8 Å². The van der Waals surface area contributed by atoms with Crippen LogP contribution >= 0.6 is 0 Å². The zero-order valence-corrected chi connectivity index (χ0v) is 16.6. The summed E-state index contributed by atoms with van der Waals surface area (Å²) in [5.74, 6) is -2.31. The van der Waals surface area contributed by atoms with E-state index in [2.05, 4.69) is 10.3 Å². The predicted octanol–water partition coefficient (Wildman–Crippen LogP) is 0.777. The molecule has 156 valence electrons.